The van der Waals surface area contributed by atoms with Crippen molar-refractivity contribution in [1.82, 2.24) is 14.7 Å². The van der Waals surface area contributed by atoms with Gasteiger partial charge in [-0.2, -0.15) is 5.10 Å². The Bertz CT molecular complexity index is 789. The summed E-state index contributed by atoms with van der Waals surface area (Å²) in [6.45, 7) is 3.02. The largest absolute Gasteiger partial charge is 0.454 e. The van der Waals surface area contributed by atoms with Gasteiger partial charge in [0, 0.05) is 19.3 Å². The number of nitrogens with one attached hydrogen (secondary N) is 1. The van der Waals surface area contributed by atoms with Gasteiger partial charge in [0.2, 0.25) is 12.7 Å². The number of fused-ring (bicyclic) bond motifs is 1. The summed E-state index contributed by atoms with van der Waals surface area (Å²) in [4.78, 5) is 25.0. The molecule has 0 aliphatic carbocycles. The first-order valence-electron chi connectivity index (χ1n) is 7.80. The van der Waals surface area contributed by atoms with Crippen molar-refractivity contribution in [2.75, 3.05) is 18.7 Å². The number of carbonyl (C=O) groups is 2. The Hall–Kier alpha value is -3.23. The third-order valence-corrected chi connectivity index (χ3v) is 3.68. The van der Waals surface area contributed by atoms with Crippen molar-refractivity contribution < 1.29 is 19.1 Å². The van der Waals surface area contributed by atoms with Gasteiger partial charge in [0.15, 0.2) is 11.5 Å². The van der Waals surface area contributed by atoms with E-state index in [1.54, 1.807) is 11.1 Å². The first-order valence-corrected chi connectivity index (χ1v) is 7.80. The Labute approximate surface area is 144 Å². The van der Waals surface area contributed by atoms with Crippen LogP contribution in [0.2, 0.25) is 0 Å². The molecule has 1 aliphatic rings. The number of urea groups is 1. The van der Waals surface area contributed by atoms with E-state index in [1.807, 2.05) is 25.1 Å². The van der Waals surface area contributed by atoms with Crippen LogP contribution in [0.5, 0.6) is 11.5 Å². The highest BCUT2D eigenvalue weighted by molar-refractivity contribution is 5.89. The SMILES string of the molecule is CCN(Cc1ccc2c(c1)OCO2)C(=O)Nc1cnn(CC(N)=O)c1. The van der Waals surface area contributed by atoms with Crippen LogP contribution >= 0.6 is 0 Å². The van der Waals surface area contributed by atoms with Crippen molar-refractivity contribution in [3.63, 3.8) is 0 Å². The summed E-state index contributed by atoms with van der Waals surface area (Å²) < 4.78 is 12.0. The normalized spacial score (nSPS) is 12.0. The number of carbonyl (C=O) groups excluding carboxylic acids is 2. The second-order valence-electron chi connectivity index (χ2n) is 5.52. The molecule has 0 fully saturated rings. The second-order valence-corrected chi connectivity index (χ2v) is 5.52. The van der Waals surface area contributed by atoms with Crippen LogP contribution in [0.15, 0.2) is 30.6 Å². The fourth-order valence-corrected chi connectivity index (χ4v) is 2.46. The van der Waals surface area contributed by atoms with Crippen LogP contribution in [0.3, 0.4) is 0 Å². The molecule has 1 aliphatic heterocycles. The van der Waals surface area contributed by atoms with E-state index >= 15 is 0 Å². The van der Waals surface area contributed by atoms with Gasteiger partial charge in [-0.25, -0.2) is 4.79 Å². The monoisotopic (exact) mass is 345 g/mol. The maximum atomic E-state index is 12.4. The molecule has 0 spiro atoms. The standard InChI is InChI=1S/C16H19N5O4/c1-2-20(7-11-3-4-13-14(5-11)25-10-24-13)16(23)19-12-6-18-21(8-12)9-15(17)22/h3-6,8H,2,7,9-10H2,1H3,(H2,17,22)(H,19,23). The first-order chi connectivity index (χ1) is 12.0. The number of ether oxygens (including phenoxy) is 2. The molecular formula is C16H19N5O4. The number of rotatable bonds is 6. The Balaban J connectivity index is 1.63. The van der Waals surface area contributed by atoms with Gasteiger partial charge in [-0.3, -0.25) is 9.48 Å². The highest BCUT2D eigenvalue weighted by atomic mass is 16.7. The fraction of sp³-hybridized carbons (Fsp3) is 0.312. The number of nitrogens with zero attached hydrogens (tertiary/aromatic N) is 3. The lowest BCUT2D eigenvalue weighted by molar-refractivity contribution is -0.118. The molecule has 3 amide bonds. The zero-order valence-electron chi connectivity index (χ0n) is 13.8. The van der Waals surface area contributed by atoms with E-state index in [-0.39, 0.29) is 19.4 Å². The number of amides is 3. The Morgan fingerprint density at radius 2 is 2.16 bits per heavy atom. The molecule has 0 saturated heterocycles. The van der Waals surface area contributed by atoms with Gasteiger partial charge in [-0.15, -0.1) is 0 Å². The molecule has 0 radical (unpaired) electrons. The van der Waals surface area contributed by atoms with Gasteiger partial charge in [0.1, 0.15) is 6.54 Å². The first kappa shape index (κ1) is 16.6. The van der Waals surface area contributed by atoms with Crippen LogP contribution in [-0.4, -0.2) is 40.0 Å². The smallest absolute Gasteiger partial charge is 0.322 e. The molecule has 1 aromatic carbocycles. The summed E-state index contributed by atoms with van der Waals surface area (Å²) in [5, 5.41) is 6.72. The molecule has 2 aromatic rings. The maximum absolute atomic E-state index is 12.4. The van der Waals surface area contributed by atoms with E-state index in [9.17, 15) is 9.59 Å². The summed E-state index contributed by atoms with van der Waals surface area (Å²) in [5.74, 6) is 0.888. The molecule has 0 bridgehead atoms. The average molecular weight is 345 g/mol. The summed E-state index contributed by atoms with van der Waals surface area (Å²) in [5.41, 5.74) is 6.55. The topological polar surface area (TPSA) is 112 Å². The van der Waals surface area contributed by atoms with Crippen LogP contribution in [0, 0.1) is 0 Å². The van der Waals surface area contributed by atoms with Gasteiger partial charge in [0.25, 0.3) is 0 Å². The highest BCUT2D eigenvalue weighted by Crippen LogP contribution is 2.32. The molecule has 132 valence electrons. The molecule has 0 unspecified atom stereocenters. The molecule has 9 nitrogen and oxygen atoms in total. The molecule has 9 heteroatoms. The van der Waals surface area contributed by atoms with E-state index in [2.05, 4.69) is 10.4 Å². The maximum Gasteiger partial charge on any atom is 0.322 e. The number of nitrogens with two attached hydrogens (primary N) is 1. The van der Waals surface area contributed by atoms with Crippen LogP contribution in [0.1, 0.15) is 12.5 Å². The molecule has 0 atom stereocenters. The molecule has 0 saturated carbocycles. The lowest BCUT2D eigenvalue weighted by atomic mass is 10.2. The van der Waals surface area contributed by atoms with E-state index in [0.29, 0.717) is 30.3 Å². The molecule has 3 rings (SSSR count). The zero-order chi connectivity index (χ0) is 17.8. The number of anilines is 1. The molecule has 25 heavy (non-hydrogen) atoms. The third-order valence-electron chi connectivity index (χ3n) is 3.68. The zero-order valence-corrected chi connectivity index (χ0v) is 13.8. The molecule has 2 heterocycles. The van der Waals surface area contributed by atoms with Crippen molar-refractivity contribution in [2.45, 2.75) is 20.0 Å². The quantitative estimate of drug-likeness (QED) is 0.816. The van der Waals surface area contributed by atoms with Gasteiger partial charge in [-0.1, -0.05) is 6.07 Å². The van der Waals surface area contributed by atoms with Crippen molar-refractivity contribution >= 4 is 17.6 Å². The van der Waals surface area contributed by atoms with E-state index in [4.69, 9.17) is 15.2 Å². The number of aromatic nitrogens is 2. The number of hydrogen-bond acceptors (Lipinski definition) is 5. The van der Waals surface area contributed by atoms with Gasteiger partial charge >= 0.3 is 6.03 Å². The number of primary amides is 1. The second kappa shape index (κ2) is 7.12. The Morgan fingerprint density at radius 3 is 2.92 bits per heavy atom. The predicted octanol–water partition coefficient (Wildman–Crippen LogP) is 1.15. The number of hydrogen-bond donors (Lipinski definition) is 2. The summed E-state index contributed by atoms with van der Waals surface area (Å²) >= 11 is 0. The summed E-state index contributed by atoms with van der Waals surface area (Å²) in [6, 6.07) is 5.33. The minimum absolute atomic E-state index is 0.0371. The van der Waals surface area contributed by atoms with Gasteiger partial charge in [0.05, 0.1) is 11.9 Å². The Morgan fingerprint density at radius 1 is 1.36 bits per heavy atom. The van der Waals surface area contributed by atoms with Crippen molar-refractivity contribution in [3.8, 4) is 11.5 Å². The fourth-order valence-electron chi connectivity index (χ4n) is 2.46. The van der Waals surface area contributed by atoms with E-state index in [0.717, 1.165) is 5.56 Å². The van der Waals surface area contributed by atoms with Crippen LogP contribution in [-0.2, 0) is 17.9 Å². The number of benzene rings is 1. The van der Waals surface area contributed by atoms with Crippen molar-refractivity contribution in [3.05, 3.63) is 36.2 Å². The van der Waals surface area contributed by atoms with E-state index in [1.165, 1.54) is 10.9 Å². The molecular weight excluding hydrogens is 326 g/mol. The lowest BCUT2D eigenvalue weighted by Gasteiger charge is -2.21. The van der Waals surface area contributed by atoms with Crippen LogP contribution in [0.4, 0.5) is 10.5 Å². The molecule has 1 aromatic heterocycles. The summed E-state index contributed by atoms with van der Waals surface area (Å²) in [7, 11) is 0. The molecule has 3 N–H and O–H groups in total. The summed E-state index contributed by atoms with van der Waals surface area (Å²) in [6.07, 6.45) is 3.02. The van der Waals surface area contributed by atoms with Crippen LogP contribution in [0.25, 0.3) is 0 Å². The van der Waals surface area contributed by atoms with Gasteiger partial charge < -0.3 is 25.4 Å². The van der Waals surface area contributed by atoms with Crippen LogP contribution < -0.4 is 20.5 Å². The minimum atomic E-state index is -0.501. The Kier molecular flexibility index (Phi) is 4.73. The van der Waals surface area contributed by atoms with Crippen molar-refractivity contribution in [2.24, 2.45) is 5.73 Å². The third kappa shape index (κ3) is 4.00. The highest BCUT2D eigenvalue weighted by Gasteiger charge is 2.17. The van der Waals surface area contributed by atoms with Crippen molar-refractivity contribution in [1.29, 1.82) is 0 Å². The minimum Gasteiger partial charge on any atom is -0.454 e. The average Bonchev–Trinajstić information content (AvgIpc) is 3.20. The lowest BCUT2D eigenvalue weighted by Crippen LogP contribution is -2.34. The predicted molar refractivity (Wildman–Crippen MR) is 89.1 cm³/mol. The van der Waals surface area contributed by atoms with Gasteiger partial charge in [-0.05, 0) is 24.6 Å². The van der Waals surface area contributed by atoms with E-state index < -0.39 is 5.91 Å².